The van der Waals surface area contributed by atoms with Crippen LogP contribution < -0.4 is 0 Å². The second-order valence-electron chi connectivity index (χ2n) is 5.52. The lowest BCUT2D eigenvalue weighted by molar-refractivity contribution is -0.145. The van der Waals surface area contributed by atoms with Crippen LogP contribution in [0.15, 0.2) is 57.9 Å². The molecule has 3 rings (SSSR count). The van der Waals surface area contributed by atoms with Crippen molar-refractivity contribution in [2.24, 2.45) is 0 Å². The quantitative estimate of drug-likeness (QED) is 0.731. The van der Waals surface area contributed by atoms with E-state index in [1.54, 1.807) is 12.1 Å². The van der Waals surface area contributed by atoms with Gasteiger partial charge in [-0.3, -0.25) is 4.79 Å². The molecule has 7 heteroatoms. The molecular formula is C17H16BrNO4S. The van der Waals surface area contributed by atoms with E-state index >= 15 is 0 Å². The number of benzene rings is 2. The molecule has 1 heterocycles. The molecule has 0 N–H and O–H groups in total. The maximum Gasteiger partial charge on any atom is 0.324 e. The number of halogens is 1. The first-order valence-corrected chi connectivity index (χ1v) is 9.59. The van der Waals surface area contributed by atoms with Crippen LogP contribution in [0.2, 0.25) is 0 Å². The molecule has 1 aliphatic rings. The summed E-state index contributed by atoms with van der Waals surface area (Å²) in [5, 5.41) is 0. The predicted octanol–water partition coefficient (Wildman–Crippen LogP) is 2.74. The number of rotatable bonds is 3. The number of methoxy groups -OCH3 is 1. The summed E-state index contributed by atoms with van der Waals surface area (Å²) in [6.07, 6.45) is 0.302. The van der Waals surface area contributed by atoms with Gasteiger partial charge in [-0.15, -0.1) is 0 Å². The second kappa shape index (κ2) is 6.66. The highest BCUT2D eigenvalue weighted by molar-refractivity contribution is 9.10. The molecule has 0 fully saturated rings. The van der Waals surface area contributed by atoms with Gasteiger partial charge in [0.15, 0.2) is 0 Å². The Morgan fingerprint density at radius 3 is 2.54 bits per heavy atom. The van der Waals surface area contributed by atoms with Crippen LogP contribution in [0.3, 0.4) is 0 Å². The van der Waals surface area contributed by atoms with E-state index in [1.165, 1.54) is 23.5 Å². The summed E-state index contributed by atoms with van der Waals surface area (Å²) in [5.74, 6) is -0.553. The topological polar surface area (TPSA) is 63.7 Å². The van der Waals surface area contributed by atoms with E-state index in [0.717, 1.165) is 11.1 Å². The van der Waals surface area contributed by atoms with Crippen molar-refractivity contribution in [1.82, 2.24) is 4.31 Å². The van der Waals surface area contributed by atoms with Crippen molar-refractivity contribution in [2.45, 2.75) is 23.9 Å². The smallest absolute Gasteiger partial charge is 0.324 e. The molecule has 0 spiro atoms. The van der Waals surface area contributed by atoms with E-state index in [2.05, 4.69) is 15.9 Å². The summed E-state index contributed by atoms with van der Waals surface area (Å²) in [6.45, 7) is 0.144. The standard InChI is InChI=1S/C17H16BrNO4S/c1-23-17(20)16-9-12-5-2-3-6-13(12)11-19(16)24(21,22)15-8-4-7-14(18)10-15/h2-8,10,16H,9,11H2,1H3/t16-/m0/s1. The average Bonchev–Trinajstić information content (AvgIpc) is 2.60. The third-order valence-electron chi connectivity index (χ3n) is 4.08. The van der Waals surface area contributed by atoms with Gasteiger partial charge in [-0.1, -0.05) is 46.3 Å². The Bertz CT molecular complexity index is 882. The zero-order valence-electron chi connectivity index (χ0n) is 13.0. The number of carbonyl (C=O) groups is 1. The molecule has 1 aliphatic heterocycles. The van der Waals surface area contributed by atoms with Gasteiger partial charge in [0.2, 0.25) is 10.0 Å². The molecular weight excluding hydrogens is 394 g/mol. The number of ether oxygens (including phenoxy) is 1. The van der Waals surface area contributed by atoms with Crippen molar-refractivity contribution in [3.8, 4) is 0 Å². The molecule has 2 aromatic rings. The highest BCUT2D eigenvalue weighted by Gasteiger charge is 2.40. The van der Waals surface area contributed by atoms with E-state index in [9.17, 15) is 13.2 Å². The van der Waals surface area contributed by atoms with Crippen molar-refractivity contribution in [3.63, 3.8) is 0 Å². The van der Waals surface area contributed by atoms with Gasteiger partial charge in [-0.05, 0) is 29.3 Å². The molecule has 0 aromatic heterocycles. The molecule has 5 nitrogen and oxygen atoms in total. The molecule has 2 aromatic carbocycles. The van der Waals surface area contributed by atoms with Crippen molar-refractivity contribution in [1.29, 1.82) is 0 Å². The maximum atomic E-state index is 13.1. The van der Waals surface area contributed by atoms with Gasteiger partial charge >= 0.3 is 5.97 Å². The lowest BCUT2D eigenvalue weighted by Crippen LogP contribution is -2.48. The largest absolute Gasteiger partial charge is 0.468 e. The van der Waals surface area contributed by atoms with Crippen molar-refractivity contribution >= 4 is 31.9 Å². The third-order valence-corrected chi connectivity index (χ3v) is 6.43. The van der Waals surface area contributed by atoms with E-state index in [4.69, 9.17) is 4.74 Å². The summed E-state index contributed by atoms with van der Waals surface area (Å²) in [6, 6.07) is 13.1. The molecule has 1 atom stereocenters. The number of esters is 1. The molecule has 0 unspecified atom stereocenters. The summed E-state index contributed by atoms with van der Waals surface area (Å²) in [4.78, 5) is 12.3. The fourth-order valence-corrected chi connectivity index (χ4v) is 5.00. The number of hydrogen-bond acceptors (Lipinski definition) is 4. The normalized spacial score (nSPS) is 18.0. The van der Waals surface area contributed by atoms with Crippen LogP contribution in [-0.4, -0.2) is 31.8 Å². The summed E-state index contributed by atoms with van der Waals surface area (Å²) in [5.41, 5.74) is 1.87. The monoisotopic (exact) mass is 409 g/mol. The predicted molar refractivity (Wildman–Crippen MR) is 92.8 cm³/mol. The van der Waals surface area contributed by atoms with Gasteiger partial charge < -0.3 is 4.74 Å². The Kier molecular flexibility index (Phi) is 4.76. The molecule has 0 saturated carbocycles. The third kappa shape index (κ3) is 3.11. The SMILES string of the molecule is COC(=O)[C@@H]1Cc2ccccc2CN1S(=O)(=O)c1cccc(Br)c1. The number of fused-ring (bicyclic) bond motifs is 1. The molecule has 0 bridgehead atoms. The van der Waals surface area contributed by atoms with Gasteiger partial charge in [-0.2, -0.15) is 4.31 Å². The lowest BCUT2D eigenvalue weighted by Gasteiger charge is -2.34. The van der Waals surface area contributed by atoms with Gasteiger partial charge in [0.25, 0.3) is 0 Å². The first-order chi connectivity index (χ1) is 11.4. The van der Waals surface area contributed by atoms with Crippen LogP contribution in [0, 0.1) is 0 Å². The van der Waals surface area contributed by atoms with Crippen LogP contribution in [0.5, 0.6) is 0 Å². The Hall–Kier alpha value is -1.70. The van der Waals surface area contributed by atoms with Crippen LogP contribution in [0.4, 0.5) is 0 Å². The van der Waals surface area contributed by atoms with Crippen molar-refractivity contribution < 1.29 is 17.9 Å². The number of nitrogens with zero attached hydrogens (tertiary/aromatic N) is 1. The van der Waals surface area contributed by atoms with Gasteiger partial charge in [0.1, 0.15) is 6.04 Å². The zero-order valence-corrected chi connectivity index (χ0v) is 15.4. The maximum absolute atomic E-state index is 13.1. The Balaban J connectivity index is 2.07. The highest BCUT2D eigenvalue weighted by Crippen LogP contribution is 2.30. The molecule has 0 saturated heterocycles. The van der Waals surface area contributed by atoms with Gasteiger partial charge in [0.05, 0.1) is 12.0 Å². The first-order valence-electron chi connectivity index (χ1n) is 7.35. The molecule has 0 amide bonds. The van der Waals surface area contributed by atoms with Crippen LogP contribution in [0.1, 0.15) is 11.1 Å². The van der Waals surface area contributed by atoms with Gasteiger partial charge in [-0.25, -0.2) is 8.42 Å². The fourth-order valence-electron chi connectivity index (χ4n) is 2.85. The lowest BCUT2D eigenvalue weighted by atomic mass is 9.96. The first kappa shape index (κ1) is 17.1. The highest BCUT2D eigenvalue weighted by atomic mass is 79.9. The van der Waals surface area contributed by atoms with Crippen LogP contribution >= 0.6 is 15.9 Å². The zero-order chi connectivity index (χ0) is 17.3. The average molecular weight is 410 g/mol. The summed E-state index contributed by atoms with van der Waals surface area (Å²) >= 11 is 3.29. The van der Waals surface area contributed by atoms with Crippen LogP contribution in [-0.2, 0) is 32.5 Å². The Labute approximate surface area is 149 Å². The van der Waals surface area contributed by atoms with Crippen molar-refractivity contribution in [2.75, 3.05) is 7.11 Å². The number of hydrogen-bond donors (Lipinski definition) is 0. The summed E-state index contributed by atoms with van der Waals surface area (Å²) < 4.78 is 32.9. The molecule has 0 radical (unpaired) electrons. The van der Waals surface area contributed by atoms with Gasteiger partial charge in [0, 0.05) is 17.4 Å². The Morgan fingerprint density at radius 1 is 1.17 bits per heavy atom. The molecule has 126 valence electrons. The molecule has 0 aliphatic carbocycles. The van der Waals surface area contributed by atoms with E-state index in [-0.39, 0.29) is 11.4 Å². The minimum atomic E-state index is -3.83. The number of sulfonamides is 1. The number of carbonyl (C=O) groups excluding carboxylic acids is 1. The molecule has 24 heavy (non-hydrogen) atoms. The van der Waals surface area contributed by atoms with Crippen LogP contribution in [0.25, 0.3) is 0 Å². The van der Waals surface area contributed by atoms with E-state index in [1.807, 2.05) is 24.3 Å². The minimum Gasteiger partial charge on any atom is -0.468 e. The van der Waals surface area contributed by atoms with Crippen molar-refractivity contribution in [3.05, 3.63) is 64.1 Å². The fraction of sp³-hybridized carbons (Fsp3) is 0.235. The van der Waals surface area contributed by atoms with E-state index in [0.29, 0.717) is 10.9 Å². The minimum absolute atomic E-state index is 0.144. The Morgan fingerprint density at radius 2 is 1.88 bits per heavy atom. The summed E-state index contributed by atoms with van der Waals surface area (Å²) in [7, 11) is -2.56. The second-order valence-corrected chi connectivity index (χ2v) is 8.33. The van der Waals surface area contributed by atoms with E-state index < -0.39 is 22.0 Å².